The number of sulfonamides is 1. The molecule has 5 rings (SSSR count). The highest BCUT2D eigenvalue weighted by atomic mass is 32.2. The van der Waals surface area contributed by atoms with Crippen molar-refractivity contribution in [3.8, 4) is 5.82 Å². The summed E-state index contributed by atoms with van der Waals surface area (Å²) in [5.41, 5.74) is 2.61. The smallest absolute Gasteiger partial charge is 0.408 e. The fraction of sp³-hybridized carbons (Fsp3) is 0.300. The number of fused-ring (bicyclic) bond motifs is 1. The normalized spacial score (nSPS) is 15.5. The molecule has 1 aromatic carbocycles. The topological polar surface area (TPSA) is 130 Å². The van der Waals surface area contributed by atoms with E-state index in [0.29, 0.717) is 43.1 Å². The molecule has 11 nitrogen and oxygen atoms in total. The van der Waals surface area contributed by atoms with E-state index in [1.165, 1.54) is 28.8 Å². The van der Waals surface area contributed by atoms with E-state index in [4.69, 9.17) is 4.42 Å². The number of hydrogen-bond acceptors (Lipinski definition) is 8. The number of oxazole rings is 1. The van der Waals surface area contributed by atoms with Gasteiger partial charge in [-0.15, -0.1) is 0 Å². The van der Waals surface area contributed by atoms with Crippen LogP contribution in [0.2, 0.25) is 0 Å². The molecule has 0 spiro atoms. The number of aromatic amines is 1. The zero-order valence-electron chi connectivity index (χ0n) is 17.5. The fourth-order valence-corrected chi connectivity index (χ4v) is 5.22. The molecule has 4 aromatic rings. The second-order valence-corrected chi connectivity index (χ2v) is 9.52. The van der Waals surface area contributed by atoms with Crippen LogP contribution in [0.3, 0.4) is 0 Å². The molecule has 0 amide bonds. The van der Waals surface area contributed by atoms with Crippen molar-refractivity contribution in [2.45, 2.75) is 18.7 Å². The van der Waals surface area contributed by atoms with Gasteiger partial charge in [0.1, 0.15) is 24.3 Å². The van der Waals surface area contributed by atoms with Gasteiger partial charge in [-0.1, -0.05) is 0 Å². The number of nitrogens with zero attached hydrogens (tertiary/aromatic N) is 6. The van der Waals surface area contributed by atoms with E-state index in [9.17, 15) is 13.2 Å². The Hall–Kier alpha value is -3.51. The lowest BCUT2D eigenvalue weighted by molar-refractivity contribution is 0.384. The maximum Gasteiger partial charge on any atom is 0.417 e. The van der Waals surface area contributed by atoms with Gasteiger partial charge < -0.3 is 9.32 Å². The Morgan fingerprint density at radius 2 is 1.75 bits per heavy atom. The highest BCUT2D eigenvalue weighted by Gasteiger charge is 2.29. The molecule has 0 bridgehead atoms. The maximum atomic E-state index is 13.1. The largest absolute Gasteiger partial charge is 0.417 e. The Kier molecular flexibility index (Phi) is 4.82. The van der Waals surface area contributed by atoms with E-state index in [1.807, 2.05) is 29.4 Å². The first-order chi connectivity index (χ1) is 15.3. The van der Waals surface area contributed by atoms with Crippen LogP contribution in [0.1, 0.15) is 11.4 Å². The average molecular weight is 456 g/mol. The van der Waals surface area contributed by atoms with Crippen molar-refractivity contribution in [2.24, 2.45) is 0 Å². The van der Waals surface area contributed by atoms with E-state index in [-0.39, 0.29) is 4.90 Å². The summed E-state index contributed by atoms with van der Waals surface area (Å²) in [6.45, 7) is 5.51. The third-order valence-corrected chi connectivity index (χ3v) is 7.62. The SMILES string of the molecule is Cc1ncn(-c2cc(N3CCN(S(=O)(=O)c4ccc5oc(=O)[nH]c5c4)CC3)ncn2)c1C. The molecule has 0 aliphatic carbocycles. The van der Waals surface area contributed by atoms with Gasteiger partial charge in [-0.05, 0) is 32.0 Å². The third-order valence-electron chi connectivity index (χ3n) is 5.73. The van der Waals surface area contributed by atoms with Crippen LogP contribution in [0.25, 0.3) is 16.9 Å². The summed E-state index contributed by atoms with van der Waals surface area (Å²) in [5, 5.41) is 0. The Morgan fingerprint density at radius 1 is 1.00 bits per heavy atom. The molecule has 1 N–H and O–H groups in total. The minimum absolute atomic E-state index is 0.116. The quantitative estimate of drug-likeness (QED) is 0.486. The molecule has 1 saturated heterocycles. The predicted molar refractivity (Wildman–Crippen MR) is 116 cm³/mol. The van der Waals surface area contributed by atoms with E-state index in [1.54, 1.807) is 6.33 Å². The summed E-state index contributed by atoms with van der Waals surface area (Å²) >= 11 is 0. The summed E-state index contributed by atoms with van der Waals surface area (Å²) in [6.07, 6.45) is 3.23. The Labute approximate surface area is 183 Å². The van der Waals surface area contributed by atoms with Gasteiger partial charge in [0.2, 0.25) is 10.0 Å². The average Bonchev–Trinajstić information content (AvgIpc) is 3.34. The number of hydrogen-bond donors (Lipinski definition) is 1. The minimum Gasteiger partial charge on any atom is -0.408 e. The van der Waals surface area contributed by atoms with Crippen LogP contribution in [-0.2, 0) is 10.0 Å². The number of imidazole rings is 1. The highest BCUT2D eigenvalue weighted by molar-refractivity contribution is 7.89. The van der Waals surface area contributed by atoms with Crippen molar-refractivity contribution in [3.63, 3.8) is 0 Å². The molecule has 4 heterocycles. The summed E-state index contributed by atoms with van der Waals surface area (Å²) in [5.74, 6) is 0.828. The number of aromatic nitrogens is 5. The van der Waals surface area contributed by atoms with E-state index in [0.717, 1.165) is 17.2 Å². The van der Waals surface area contributed by atoms with Gasteiger partial charge in [0, 0.05) is 37.9 Å². The first-order valence-corrected chi connectivity index (χ1v) is 11.5. The van der Waals surface area contributed by atoms with Crippen LogP contribution >= 0.6 is 0 Å². The minimum atomic E-state index is -3.71. The van der Waals surface area contributed by atoms with Gasteiger partial charge in [0.05, 0.1) is 16.1 Å². The van der Waals surface area contributed by atoms with Crippen LogP contribution in [0.5, 0.6) is 0 Å². The monoisotopic (exact) mass is 455 g/mol. The molecule has 1 fully saturated rings. The summed E-state index contributed by atoms with van der Waals surface area (Å²) < 4.78 is 34.5. The summed E-state index contributed by atoms with van der Waals surface area (Å²) in [4.78, 5) is 29.0. The van der Waals surface area contributed by atoms with E-state index >= 15 is 0 Å². The molecular formula is C20H21N7O4S. The molecule has 0 unspecified atom stereocenters. The second kappa shape index (κ2) is 7.57. The second-order valence-electron chi connectivity index (χ2n) is 7.58. The number of nitrogens with one attached hydrogen (secondary N) is 1. The number of piperazine rings is 1. The van der Waals surface area contributed by atoms with Gasteiger partial charge in [0.25, 0.3) is 0 Å². The van der Waals surface area contributed by atoms with Crippen molar-refractivity contribution < 1.29 is 12.8 Å². The molecular weight excluding hydrogens is 434 g/mol. The molecule has 0 saturated carbocycles. The van der Waals surface area contributed by atoms with Gasteiger partial charge in [-0.25, -0.2) is 28.2 Å². The van der Waals surface area contributed by atoms with Crippen LogP contribution in [0, 0.1) is 13.8 Å². The first-order valence-electron chi connectivity index (χ1n) is 10.0. The molecule has 1 aliphatic heterocycles. The molecule has 32 heavy (non-hydrogen) atoms. The lowest BCUT2D eigenvalue weighted by atomic mass is 10.3. The zero-order valence-corrected chi connectivity index (χ0v) is 18.3. The molecule has 12 heteroatoms. The predicted octanol–water partition coefficient (Wildman–Crippen LogP) is 1.22. The Bertz CT molecular complexity index is 1460. The molecule has 3 aromatic heterocycles. The van der Waals surface area contributed by atoms with Crippen LogP contribution in [0.4, 0.5) is 5.82 Å². The number of anilines is 1. The van der Waals surface area contributed by atoms with E-state index in [2.05, 4.69) is 19.9 Å². The van der Waals surface area contributed by atoms with Gasteiger partial charge >= 0.3 is 5.76 Å². The summed E-state index contributed by atoms with van der Waals surface area (Å²) in [7, 11) is -3.71. The third kappa shape index (κ3) is 3.46. The Balaban J connectivity index is 1.34. The number of rotatable bonds is 4. The van der Waals surface area contributed by atoms with Gasteiger partial charge in [-0.2, -0.15) is 4.31 Å². The number of aryl methyl sites for hydroxylation is 1. The lowest BCUT2D eigenvalue weighted by Crippen LogP contribution is -2.48. The van der Waals surface area contributed by atoms with Crippen molar-refractivity contribution in [1.29, 1.82) is 0 Å². The zero-order chi connectivity index (χ0) is 22.5. The van der Waals surface area contributed by atoms with Crippen LogP contribution in [0.15, 0.2) is 51.0 Å². The highest BCUT2D eigenvalue weighted by Crippen LogP contribution is 2.23. The van der Waals surface area contributed by atoms with Crippen LogP contribution in [-0.4, -0.2) is 63.4 Å². The fourth-order valence-electron chi connectivity index (χ4n) is 3.77. The van der Waals surface area contributed by atoms with Crippen molar-refractivity contribution in [3.05, 3.63) is 58.9 Å². The molecule has 166 valence electrons. The van der Waals surface area contributed by atoms with E-state index < -0.39 is 15.8 Å². The van der Waals surface area contributed by atoms with Gasteiger partial charge in [0.15, 0.2) is 5.58 Å². The molecule has 1 aliphatic rings. The number of benzene rings is 1. The van der Waals surface area contributed by atoms with Crippen molar-refractivity contribution in [2.75, 3.05) is 31.1 Å². The van der Waals surface area contributed by atoms with Crippen LogP contribution < -0.4 is 10.7 Å². The Morgan fingerprint density at radius 3 is 2.47 bits per heavy atom. The lowest BCUT2D eigenvalue weighted by Gasteiger charge is -2.34. The van der Waals surface area contributed by atoms with Gasteiger partial charge in [-0.3, -0.25) is 9.55 Å². The van der Waals surface area contributed by atoms with Crippen molar-refractivity contribution >= 4 is 26.9 Å². The summed E-state index contributed by atoms with van der Waals surface area (Å²) in [6, 6.07) is 6.24. The van der Waals surface area contributed by atoms with Crippen molar-refractivity contribution in [1.82, 2.24) is 28.8 Å². The standard InChI is InChI=1S/C20H21N7O4S/c1-13-14(2)27(12-23-13)19-10-18(21-11-22-19)25-5-7-26(8-6-25)32(29,30)15-3-4-17-16(9-15)24-20(28)31-17/h3-4,9-12H,5-8H2,1-2H3,(H,24,28). The maximum absolute atomic E-state index is 13.1. The molecule has 0 radical (unpaired) electrons. The number of H-pyrrole nitrogens is 1. The first kappa shape index (κ1) is 20.4. The molecule has 0 atom stereocenters.